The summed E-state index contributed by atoms with van der Waals surface area (Å²) in [5.74, 6) is -0.977. The smallest absolute Gasteiger partial charge is 0.310 e. The van der Waals surface area contributed by atoms with Gasteiger partial charge in [-0.2, -0.15) is 0 Å². The Kier molecular flexibility index (Phi) is 5.16. The van der Waals surface area contributed by atoms with Crippen molar-refractivity contribution in [2.75, 3.05) is 32.2 Å². The Hall–Kier alpha value is -0.620. The van der Waals surface area contributed by atoms with E-state index in [0.717, 1.165) is 25.8 Å². The molecular weight excluding hydrogens is 254 g/mol. The fourth-order valence-corrected chi connectivity index (χ4v) is 3.55. The monoisotopic (exact) mass is 277 g/mol. The Bertz CT molecular complexity index is 391. The van der Waals surface area contributed by atoms with Crippen molar-refractivity contribution in [2.45, 2.75) is 26.3 Å². The van der Waals surface area contributed by atoms with Gasteiger partial charge in [0.05, 0.1) is 18.8 Å². The predicted octanol–water partition coefficient (Wildman–Crippen LogP) is 0.551. The lowest BCUT2D eigenvalue weighted by molar-refractivity contribution is -0.146. The number of esters is 1. The van der Waals surface area contributed by atoms with E-state index < -0.39 is 21.7 Å². The minimum absolute atomic E-state index is 0.0783. The molecule has 2 atom stereocenters. The quantitative estimate of drug-likeness (QED) is 0.687. The number of carbonyl (C=O) groups excluding carboxylic acids is 1. The van der Waals surface area contributed by atoms with E-state index in [0.29, 0.717) is 6.04 Å². The molecule has 2 unspecified atom stereocenters. The van der Waals surface area contributed by atoms with Gasteiger partial charge in [0.15, 0.2) is 0 Å². The second-order valence-electron chi connectivity index (χ2n) is 5.36. The summed E-state index contributed by atoms with van der Waals surface area (Å²) >= 11 is 0. The highest BCUT2D eigenvalue weighted by atomic mass is 32.2. The minimum Gasteiger partial charge on any atom is -0.469 e. The van der Waals surface area contributed by atoms with Gasteiger partial charge >= 0.3 is 5.97 Å². The maximum Gasteiger partial charge on any atom is 0.310 e. The van der Waals surface area contributed by atoms with Gasteiger partial charge in [0.25, 0.3) is 0 Å². The second kappa shape index (κ2) is 6.02. The third-order valence-electron chi connectivity index (χ3n) is 3.54. The number of carbonyl (C=O) groups is 1. The van der Waals surface area contributed by atoms with E-state index in [1.54, 1.807) is 0 Å². The number of likely N-dealkylation sites (tertiary alicyclic amines) is 1. The van der Waals surface area contributed by atoms with Crippen LogP contribution in [0.3, 0.4) is 0 Å². The van der Waals surface area contributed by atoms with Crippen molar-refractivity contribution in [3.8, 4) is 0 Å². The number of methoxy groups -OCH3 is 1. The van der Waals surface area contributed by atoms with Gasteiger partial charge < -0.3 is 9.64 Å². The highest BCUT2D eigenvalue weighted by Gasteiger charge is 2.37. The van der Waals surface area contributed by atoms with Gasteiger partial charge in [-0.15, -0.1) is 0 Å². The van der Waals surface area contributed by atoms with Gasteiger partial charge in [-0.3, -0.25) is 4.79 Å². The number of hydrogen-bond acceptors (Lipinski definition) is 5. The normalized spacial score (nSPS) is 23.3. The maximum atomic E-state index is 11.7. The summed E-state index contributed by atoms with van der Waals surface area (Å²) in [7, 11) is -1.86. The first kappa shape index (κ1) is 15.4. The molecule has 1 saturated heterocycles. The Morgan fingerprint density at radius 1 is 1.44 bits per heavy atom. The zero-order chi connectivity index (χ0) is 13.9. The summed E-state index contributed by atoms with van der Waals surface area (Å²) in [6.45, 7) is 5.89. The Balaban J connectivity index is 2.76. The average molecular weight is 277 g/mol. The SMILES string of the molecule is COC(=O)C(CS(C)(=O)=O)C1CCN(C(C)C)C1. The van der Waals surface area contributed by atoms with Crippen LogP contribution in [-0.2, 0) is 19.4 Å². The van der Waals surface area contributed by atoms with Crippen LogP contribution in [0.2, 0.25) is 0 Å². The molecule has 1 aliphatic heterocycles. The highest BCUT2D eigenvalue weighted by molar-refractivity contribution is 7.90. The molecule has 0 spiro atoms. The number of ether oxygens (including phenoxy) is 1. The highest BCUT2D eigenvalue weighted by Crippen LogP contribution is 2.27. The summed E-state index contributed by atoms with van der Waals surface area (Å²) < 4.78 is 27.6. The van der Waals surface area contributed by atoms with Crippen LogP contribution in [0.5, 0.6) is 0 Å². The van der Waals surface area contributed by atoms with Crippen LogP contribution < -0.4 is 0 Å². The molecule has 0 amide bonds. The zero-order valence-electron chi connectivity index (χ0n) is 11.5. The third kappa shape index (κ3) is 4.24. The number of rotatable bonds is 5. The molecule has 0 saturated carbocycles. The van der Waals surface area contributed by atoms with Crippen LogP contribution in [0.25, 0.3) is 0 Å². The third-order valence-corrected chi connectivity index (χ3v) is 4.51. The van der Waals surface area contributed by atoms with E-state index in [1.807, 2.05) is 0 Å². The number of sulfone groups is 1. The first-order valence-electron chi connectivity index (χ1n) is 6.24. The molecule has 0 aromatic carbocycles. The number of nitrogens with zero attached hydrogens (tertiary/aromatic N) is 1. The Labute approximate surface area is 109 Å². The first-order valence-corrected chi connectivity index (χ1v) is 8.30. The largest absolute Gasteiger partial charge is 0.469 e. The molecule has 106 valence electrons. The fraction of sp³-hybridized carbons (Fsp3) is 0.917. The van der Waals surface area contributed by atoms with Crippen molar-refractivity contribution in [1.82, 2.24) is 4.90 Å². The molecule has 0 aromatic heterocycles. The van der Waals surface area contributed by atoms with Gasteiger partial charge in [-0.25, -0.2) is 8.42 Å². The van der Waals surface area contributed by atoms with Gasteiger partial charge in [0, 0.05) is 18.8 Å². The summed E-state index contributed by atoms with van der Waals surface area (Å²) in [5, 5.41) is 0. The molecule has 0 aliphatic carbocycles. The van der Waals surface area contributed by atoms with Gasteiger partial charge in [-0.05, 0) is 32.7 Å². The maximum absolute atomic E-state index is 11.7. The number of hydrogen-bond donors (Lipinski definition) is 0. The van der Waals surface area contributed by atoms with Crippen LogP contribution >= 0.6 is 0 Å². The van der Waals surface area contributed by atoms with E-state index in [1.165, 1.54) is 7.11 Å². The zero-order valence-corrected chi connectivity index (χ0v) is 12.4. The molecule has 0 N–H and O–H groups in total. The Morgan fingerprint density at radius 2 is 2.06 bits per heavy atom. The van der Waals surface area contributed by atoms with Gasteiger partial charge in [-0.1, -0.05) is 0 Å². The molecule has 0 aromatic rings. The lowest BCUT2D eigenvalue weighted by Crippen LogP contribution is -2.35. The van der Waals surface area contributed by atoms with Crippen LogP contribution in [0.15, 0.2) is 0 Å². The topological polar surface area (TPSA) is 63.7 Å². The molecule has 1 fully saturated rings. The average Bonchev–Trinajstić information content (AvgIpc) is 2.72. The molecule has 6 heteroatoms. The summed E-state index contributed by atoms with van der Waals surface area (Å²) in [5.41, 5.74) is 0. The fourth-order valence-electron chi connectivity index (χ4n) is 2.49. The van der Waals surface area contributed by atoms with Crippen molar-refractivity contribution >= 4 is 15.8 Å². The van der Waals surface area contributed by atoms with Crippen molar-refractivity contribution in [3.63, 3.8) is 0 Å². The second-order valence-corrected chi connectivity index (χ2v) is 7.54. The van der Waals surface area contributed by atoms with Crippen molar-refractivity contribution in [1.29, 1.82) is 0 Å². The minimum atomic E-state index is -3.17. The van der Waals surface area contributed by atoms with Crippen molar-refractivity contribution < 1.29 is 17.9 Å². The van der Waals surface area contributed by atoms with E-state index in [9.17, 15) is 13.2 Å². The molecule has 5 nitrogen and oxygen atoms in total. The summed E-state index contributed by atoms with van der Waals surface area (Å²) in [6.07, 6.45) is 2.02. The van der Waals surface area contributed by atoms with Crippen LogP contribution in [0.1, 0.15) is 20.3 Å². The van der Waals surface area contributed by atoms with Crippen LogP contribution in [0.4, 0.5) is 0 Å². The standard InChI is InChI=1S/C12H23NO4S/c1-9(2)13-6-5-10(7-13)11(12(14)17-3)8-18(4,15)16/h9-11H,5-8H2,1-4H3. The van der Waals surface area contributed by atoms with Crippen molar-refractivity contribution in [3.05, 3.63) is 0 Å². The van der Waals surface area contributed by atoms with Crippen LogP contribution in [-0.4, -0.2) is 57.5 Å². The van der Waals surface area contributed by atoms with Gasteiger partial charge in [0.1, 0.15) is 9.84 Å². The van der Waals surface area contributed by atoms with E-state index in [2.05, 4.69) is 18.7 Å². The molecule has 1 aliphatic rings. The lowest BCUT2D eigenvalue weighted by Gasteiger charge is -2.23. The summed E-state index contributed by atoms with van der Waals surface area (Å²) in [6, 6.07) is 0.423. The molecule has 18 heavy (non-hydrogen) atoms. The molecule has 1 heterocycles. The van der Waals surface area contributed by atoms with Crippen molar-refractivity contribution in [2.24, 2.45) is 11.8 Å². The van der Waals surface area contributed by atoms with E-state index in [4.69, 9.17) is 4.74 Å². The summed E-state index contributed by atoms with van der Waals surface area (Å²) in [4.78, 5) is 14.0. The first-order chi connectivity index (χ1) is 8.24. The predicted molar refractivity (Wildman–Crippen MR) is 70.0 cm³/mol. The van der Waals surface area contributed by atoms with E-state index in [-0.39, 0.29) is 11.7 Å². The molecule has 0 radical (unpaired) electrons. The molecule has 1 rings (SSSR count). The van der Waals surface area contributed by atoms with Gasteiger partial charge in [0.2, 0.25) is 0 Å². The van der Waals surface area contributed by atoms with E-state index >= 15 is 0 Å². The lowest BCUT2D eigenvalue weighted by atomic mass is 9.93. The molecular formula is C12H23NO4S. The van der Waals surface area contributed by atoms with Crippen LogP contribution in [0, 0.1) is 11.8 Å². The molecule has 0 bridgehead atoms. The Morgan fingerprint density at radius 3 is 2.44 bits per heavy atom.